The number of thioether (sulfide) groups is 1. The average Bonchev–Trinajstić information content (AvgIpc) is 3.12. The van der Waals surface area contributed by atoms with Crippen LogP contribution < -0.4 is 10.7 Å². The smallest absolute Gasteiger partial charge is 0.322 e. The highest BCUT2D eigenvalue weighted by Gasteiger charge is 2.52. The van der Waals surface area contributed by atoms with Gasteiger partial charge >= 0.3 is 6.03 Å². The third-order valence-corrected chi connectivity index (χ3v) is 6.63. The van der Waals surface area contributed by atoms with Gasteiger partial charge in [0.25, 0.3) is 5.91 Å². The number of hydrazine groups is 1. The lowest BCUT2D eigenvalue weighted by Gasteiger charge is -2.33. The quantitative estimate of drug-likeness (QED) is 0.605. The number of fused-ring (bicyclic) bond motifs is 1. The van der Waals surface area contributed by atoms with Crippen molar-refractivity contribution >= 4 is 40.6 Å². The highest BCUT2D eigenvalue weighted by Crippen LogP contribution is 2.35. The number of carbonyl (C=O) groups excluding carboxylic acids is 3. The van der Waals surface area contributed by atoms with Gasteiger partial charge in [-0.05, 0) is 43.7 Å². The minimum absolute atomic E-state index is 0.0538. The summed E-state index contributed by atoms with van der Waals surface area (Å²) in [5.74, 6) is -0.172. The molecule has 4 rings (SSSR count). The molecule has 1 aromatic carbocycles. The molecular formula is C19H23N5O3S. The molecule has 4 amide bonds. The first-order chi connectivity index (χ1) is 13.4. The van der Waals surface area contributed by atoms with Crippen LogP contribution in [0.1, 0.15) is 32.6 Å². The largest absolute Gasteiger partial charge is 0.344 e. The van der Waals surface area contributed by atoms with Gasteiger partial charge in [0.15, 0.2) is 5.16 Å². The molecule has 148 valence electrons. The Hall–Kier alpha value is -2.55. The lowest BCUT2D eigenvalue weighted by atomic mass is 9.77. The number of hydrogen-bond donors (Lipinski definition) is 2. The summed E-state index contributed by atoms with van der Waals surface area (Å²) in [4.78, 5) is 41.9. The summed E-state index contributed by atoms with van der Waals surface area (Å²) in [6, 6.07) is 7.17. The minimum atomic E-state index is -0.860. The summed E-state index contributed by atoms with van der Waals surface area (Å²) < 4.78 is 1.92. The number of aryl methyl sites for hydroxylation is 1. The van der Waals surface area contributed by atoms with E-state index in [1.54, 1.807) is 0 Å². The fourth-order valence-corrected chi connectivity index (χ4v) is 4.63. The van der Waals surface area contributed by atoms with Crippen molar-refractivity contribution < 1.29 is 14.4 Å². The van der Waals surface area contributed by atoms with Crippen LogP contribution in [0.25, 0.3) is 11.0 Å². The Balaban J connectivity index is 1.39. The number of urea groups is 1. The summed E-state index contributed by atoms with van der Waals surface area (Å²) in [7, 11) is 1.89. The first-order valence-corrected chi connectivity index (χ1v) is 10.4. The van der Waals surface area contributed by atoms with Crippen molar-refractivity contribution in [2.45, 2.75) is 43.3 Å². The molecule has 1 aliphatic heterocycles. The van der Waals surface area contributed by atoms with E-state index in [9.17, 15) is 14.4 Å². The molecule has 2 fully saturated rings. The summed E-state index contributed by atoms with van der Waals surface area (Å²) in [5.41, 5.74) is 3.44. The van der Waals surface area contributed by atoms with Crippen LogP contribution in [0.2, 0.25) is 0 Å². The molecule has 2 heterocycles. The molecule has 0 radical (unpaired) electrons. The number of imidazole rings is 1. The minimum Gasteiger partial charge on any atom is -0.322 e. The van der Waals surface area contributed by atoms with Gasteiger partial charge in [0.05, 0.1) is 16.8 Å². The summed E-state index contributed by atoms with van der Waals surface area (Å²) in [6.07, 6.45) is 2.99. The monoisotopic (exact) mass is 401 g/mol. The van der Waals surface area contributed by atoms with Crippen LogP contribution in [0.5, 0.6) is 0 Å². The van der Waals surface area contributed by atoms with Gasteiger partial charge in [-0.15, -0.1) is 0 Å². The maximum Gasteiger partial charge on any atom is 0.344 e. The first kappa shape index (κ1) is 18.8. The maximum absolute atomic E-state index is 12.8. The summed E-state index contributed by atoms with van der Waals surface area (Å²) in [6.45, 7) is 2.14. The molecular weight excluding hydrogens is 378 g/mol. The van der Waals surface area contributed by atoms with Crippen LogP contribution in [0.15, 0.2) is 29.4 Å². The zero-order valence-electron chi connectivity index (χ0n) is 15.9. The molecule has 1 spiro atoms. The van der Waals surface area contributed by atoms with Gasteiger partial charge in [0.1, 0.15) is 5.54 Å². The number of para-hydroxylation sites is 2. The second-order valence-electron chi connectivity index (χ2n) is 7.60. The molecule has 1 saturated carbocycles. The van der Waals surface area contributed by atoms with Crippen molar-refractivity contribution in [1.82, 2.24) is 25.3 Å². The van der Waals surface area contributed by atoms with Crippen LogP contribution in [0.4, 0.5) is 4.79 Å². The van der Waals surface area contributed by atoms with E-state index in [4.69, 9.17) is 0 Å². The van der Waals surface area contributed by atoms with Gasteiger partial charge in [-0.3, -0.25) is 15.0 Å². The van der Waals surface area contributed by atoms with Crippen molar-refractivity contribution in [3.8, 4) is 0 Å². The highest BCUT2D eigenvalue weighted by atomic mass is 32.2. The Morgan fingerprint density at radius 2 is 2.04 bits per heavy atom. The predicted octanol–water partition coefficient (Wildman–Crippen LogP) is 2.20. The van der Waals surface area contributed by atoms with Crippen molar-refractivity contribution in [3.63, 3.8) is 0 Å². The first-order valence-electron chi connectivity index (χ1n) is 9.40. The number of nitrogens with zero attached hydrogens (tertiary/aromatic N) is 3. The summed E-state index contributed by atoms with van der Waals surface area (Å²) >= 11 is 1.26. The Bertz CT molecular complexity index is 948. The third-order valence-electron chi connectivity index (χ3n) is 5.60. The van der Waals surface area contributed by atoms with Gasteiger partial charge in [0.2, 0.25) is 5.91 Å². The molecule has 1 saturated heterocycles. The molecule has 9 heteroatoms. The fourth-order valence-electron chi connectivity index (χ4n) is 3.86. The van der Waals surface area contributed by atoms with Crippen molar-refractivity contribution in [2.24, 2.45) is 13.0 Å². The number of hydrogen-bond acceptors (Lipinski definition) is 5. The van der Waals surface area contributed by atoms with Crippen molar-refractivity contribution in [1.29, 1.82) is 0 Å². The number of benzene rings is 1. The number of imide groups is 1. The van der Waals surface area contributed by atoms with Gasteiger partial charge in [-0.1, -0.05) is 30.8 Å². The molecule has 8 nitrogen and oxygen atoms in total. The predicted molar refractivity (Wildman–Crippen MR) is 105 cm³/mol. The number of aromatic nitrogens is 2. The zero-order valence-corrected chi connectivity index (χ0v) is 16.7. The van der Waals surface area contributed by atoms with E-state index in [0.29, 0.717) is 23.9 Å². The lowest BCUT2D eigenvalue weighted by molar-refractivity contribution is -0.139. The van der Waals surface area contributed by atoms with Crippen LogP contribution in [0.3, 0.4) is 0 Å². The molecule has 1 aromatic heterocycles. The molecule has 28 heavy (non-hydrogen) atoms. The average molecular weight is 401 g/mol. The second-order valence-corrected chi connectivity index (χ2v) is 8.54. The van der Waals surface area contributed by atoms with E-state index in [-0.39, 0.29) is 11.7 Å². The van der Waals surface area contributed by atoms with E-state index in [0.717, 1.165) is 28.9 Å². The zero-order chi connectivity index (χ0) is 19.9. The van der Waals surface area contributed by atoms with E-state index in [2.05, 4.69) is 22.7 Å². The van der Waals surface area contributed by atoms with Crippen molar-refractivity contribution in [3.05, 3.63) is 24.3 Å². The van der Waals surface area contributed by atoms with Crippen LogP contribution in [-0.4, -0.2) is 43.7 Å². The molecule has 0 bridgehead atoms. The van der Waals surface area contributed by atoms with E-state index in [1.807, 2.05) is 35.9 Å². The van der Waals surface area contributed by atoms with Gasteiger partial charge in [-0.2, -0.15) is 5.01 Å². The molecule has 2 aliphatic rings. The lowest BCUT2D eigenvalue weighted by Crippen LogP contribution is -2.51. The molecule has 2 aromatic rings. The number of amides is 4. The Morgan fingerprint density at radius 1 is 1.32 bits per heavy atom. The van der Waals surface area contributed by atoms with Crippen LogP contribution in [0, 0.1) is 5.92 Å². The number of rotatable bonds is 4. The molecule has 1 aliphatic carbocycles. The van der Waals surface area contributed by atoms with E-state index < -0.39 is 17.5 Å². The van der Waals surface area contributed by atoms with E-state index >= 15 is 0 Å². The SMILES string of the molecule is CC1CCC2(CC1)NC(=O)N(NC(=O)CSc1nc3ccccc3n1C)C2=O. The molecule has 0 unspecified atom stereocenters. The Morgan fingerprint density at radius 3 is 2.75 bits per heavy atom. The van der Waals surface area contributed by atoms with Crippen LogP contribution in [-0.2, 0) is 16.6 Å². The molecule has 0 atom stereocenters. The van der Waals surface area contributed by atoms with Gasteiger partial charge in [0, 0.05) is 7.05 Å². The Labute approximate surface area is 167 Å². The van der Waals surface area contributed by atoms with Gasteiger partial charge < -0.3 is 9.88 Å². The second kappa shape index (κ2) is 7.12. The van der Waals surface area contributed by atoms with Gasteiger partial charge in [-0.25, -0.2) is 9.78 Å². The number of carbonyl (C=O) groups is 3. The summed E-state index contributed by atoms with van der Waals surface area (Å²) in [5, 5.41) is 4.34. The number of nitrogens with one attached hydrogen (secondary N) is 2. The normalized spacial score (nSPS) is 24.8. The Kier molecular flexibility index (Phi) is 4.78. The molecule has 2 N–H and O–H groups in total. The maximum atomic E-state index is 12.8. The van der Waals surface area contributed by atoms with E-state index in [1.165, 1.54) is 11.8 Å². The topological polar surface area (TPSA) is 96.3 Å². The standard InChI is InChI=1S/C19H23N5O3S/c1-12-7-9-19(10-8-12)16(26)24(17(27)21-19)22-15(25)11-28-18-20-13-5-3-4-6-14(13)23(18)2/h3-6,12H,7-11H2,1-2H3,(H,21,27)(H,22,25). The fraction of sp³-hybridized carbons (Fsp3) is 0.474. The highest BCUT2D eigenvalue weighted by molar-refractivity contribution is 7.99. The van der Waals surface area contributed by atoms with Crippen molar-refractivity contribution in [2.75, 3.05) is 5.75 Å². The van der Waals surface area contributed by atoms with Crippen LogP contribution >= 0.6 is 11.8 Å². The third kappa shape index (κ3) is 3.23.